The highest BCUT2D eigenvalue weighted by molar-refractivity contribution is 14.0. The molecule has 0 amide bonds. The van der Waals surface area contributed by atoms with Crippen molar-refractivity contribution in [1.29, 1.82) is 0 Å². The van der Waals surface area contributed by atoms with E-state index in [2.05, 4.69) is 51.5 Å². The van der Waals surface area contributed by atoms with Crippen molar-refractivity contribution in [3.63, 3.8) is 0 Å². The normalized spacial score (nSPS) is 15.7. The standard InChI is InChI=1S/C18H25N5O.HI/c1-2-19-18(20-14-16-6-4-3-5-7-16)23-11-9-22(10-12-23)15-17-8-13-24-21-17;/h3-8,13H,2,9-12,14-15H2,1H3,(H,19,20);1H. The predicted molar refractivity (Wildman–Crippen MR) is 110 cm³/mol. The lowest BCUT2D eigenvalue weighted by molar-refractivity contribution is 0.169. The number of halogens is 1. The summed E-state index contributed by atoms with van der Waals surface area (Å²) in [5.41, 5.74) is 2.23. The van der Waals surface area contributed by atoms with Crippen LogP contribution in [-0.4, -0.2) is 53.6 Å². The first kappa shape index (κ1) is 19.7. The Balaban J connectivity index is 0.00000225. The molecule has 1 aromatic heterocycles. The molecule has 7 heteroatoms. The first-order valence-corrected chi connectivity index (χ1v) is 8.54. The highest BCUT2D eigenvalue weighted by Crippen LogP contribution is 2.08. The second kappa shape index (κ2) is 10.4. The average Bonchev–Trinajstić information content (AvgIpc) is 3.13. The Labute approximate surface area is 166 Å². The van der Waals surface area contributed by atoms with Crippen LogP contribution in [0.2, 0.25) is 0 Å². The van der Waals surface area contributed by atoms with Gasteiger partial charge in [-0.1, -0.05) is 35.5 Å². The fourth-order valence-electron chi connectivity index (χ4n) is 2.84. The SMILES string of the molecule is CCNC(=NCc1ccccc1)N1CCN(Cc2ccon2)CC1.I. The van der Waals surface area contributed by atoms with E-state index in [0.717, 1.165) is 50.9 Å². The van der Waals surface area contributed by atoms with Gasteiger partial charge in [-0.15, -0.1) is 24.0 Å². The van der Waals surface area contributed by atoms with E-state index >= 15 is 0 Å². The highest BCUT2D eigenvalue weighted by atomic mass is 127. The summed E-state index contributed by atoms with van der Waals surface area (Å²) < 4.78 is 4.91. The Kier molecular flexibility index (Phi) is 8.20. The molecule has 3 rings (SSSR count). The third-order valence-corrected chi connectivity index (χ3v) is 4.14. The van der Waals surface area contributed by atoms with Crippen LogP contribution in [0, 0.1) is 0 Å². The Morgan fingerprint density at radius 2 is 1.92 bits per heavy atom. The van der Waals surface area contributed by atoms with E-state index in [-0.39, 0.29) is 24.0 Å². The molecule has 0 bridgehead atoms. The van der Waals surface area contributed by atoms with Gasteiger partial charge in [-0.25, -0.2) is 4.99 Å². The highest BCUT2D eigenvalue weighted by Gasteiger charge is 2.20. The minimum Gasteiger partial charge on any atom is -0.364 e. The van der Waals surface area contributed by atoms with Crippen molar-refractivity contribution in [2.45, 2.75) is 20.0 Å². The third kappa shape index (κ3) is 6.00. The lowest BCUT2D eigenvalue weighted by Gasteiger charge is -2.36. The van der Waals surface area contributed by atoms with Gasteiger partial charge >= 0.3 is 0 Å². The lowest BCUT2D eigenvalue weighted by atomic mass is 10.2. The molecule has 1 aliphatic rings. The van der Waals surface area contributed by atoms with E-state index in [9.17, 15) is 0 Å². The lowest BCUT2D eigenvalue weighted by Crippen LogP contribution is -2.52. The average molecular weight is 455 g/mol. The molecule has 2 aromatic rings. The molecule has 1 aromatic carbocycles. The van der Waals surface area contributed by atoms with E-state index < -0.39 is 0 Å². The minimum absolute atomic E-state index is 0. The summed E-state index contributed by atoms with van der Waals surface area (Å²) in [7, 11) is 0. The van der Waals surface area contributed by atoms with E-state index in [1.807, 2.05) is 12.1 Å². The summed E-state index contributed by atoms with van der Waals surface area (Å²) in [4.78, 5) is 9.53. The Morgan fingerprint density at radius 3 is 2.56 bits per heavy atom. The molecule has 0 unspecified atom stereocenters. The van der Waals surface area contributed by atoms with Gasteiger partial charge in [-0.3, -0.25) is 4.90 Å². The fourth-order valence-corrected chi connectivity index (χ4v) is 2.84. The molecule has 136 valence electrons. The van der Waals surface area contributed by atoms with Crippen LogP contribution in [0.5, 0.6) is 0 Å². The van der Waals surface area contributed by atoms with Crippen LogP contribution in [0.15, 0.2) is 52.2 Å². The number of guanidine groups is 1. The van der Waals surface area contributed by atoms with Gasteiger partial charge in [0.05, 0.1) is 12.2 Å². The van der Waals surface area contributed by atoms with Crippen LogP contribution in [0.4, 0.5) is 0 Å². The van der Waals surface area contributed by atoms with Gasteiger partial charge < -0.3 is 14.7 Å². The van der Waals surface area contributed by atoms with Gasteiger partial charge in [-0.2, -0.15) is 0 Å². The van der Waals surface area contributed by atoms with Gasteiger partial charge in [0.1, 0.15) is 6.26 Å². The van der Waals surface area contributed by atoms with Crippen LogP contribution < -0.4 is 5.32 Å². The summed E-state index contributed by atoms with van der Waals surface area (Å²) >= 11 is 0. The summed E-state index contributed by atoms with van der Waals surface area (Å²) in [5.74, 6) is 1.00. The zero-order valence-electron chi connectivity index (χ0n) is 14.6. The number of aromatic nitrogens is 1. The van der Waals surface area contributed by atoms with Crippen molar-refractivity contribution in [1.82, 2.24) is 20.3 Å². The Morgan fingerprint density at radius 1 is 1.16 bits per heavy atom. The number of benzene rings is 1. The summed E-state index contributed by atoms with van der Waals surface area (Å²) in [6.45, 7) is 8.50. The summed E-state index contributed by atoms with van der Waals surface area (Å²) in [5, 5.41) is 7.40. The zero-order valence-corrected chi connectivity index (χ0v) is 16.9. The van der Waals surface area contributed by atoms with Crippen molar-refractivity contribution in [3.05, 3.63) is 53.9 Å². The van der Waals surface area contributed by atoms with Gasteiger partial charge in [-0.05, 0) is 12.5 Å². The molecular formula is C18H26IN5O. The van der Waals surface area contributed by atoms with Crippen LogP contribution >= 0.6 is 24.0 Å². The number of nitrogens with one attached hydrogen (secondary N) is 1. The van der Waals surface area contributed by atoms with Gasteiger partial charge in [0, 0.05) is 45.3 Å². The molecule has 1 N–H and O–H groups in total. The van der Waals surface area contributed by atoms with Crippen LogP contribution in [0.25, 0.3) is 0 Å². The quantitative estimate of drug-likeness (QED) is 0.427. The summed E-state index contributed by atoms with van der Waals surface area (Å²) in [6, 6.07) is 12.3. The monoisotopic (exact) mass is 455 g/mol. The molecule has 25 heavy (non-hydrogen) atoms. The van der Waals surface area contributed by atoms with Crippen LogP contribution in [-0.2, 0) is 13.1 Å². The van der Waals surface area contributed by atoms with E-state index in [1.54, 1.807) is 6.26 Å². The smallest absolute Gasteiger partial charge is 0.194 e. The predicted octanol–water partition coefficient (Wildman–Crippen LogP) is 2.58. The first-order valence-electron chi connectivity index (χ1n) is 8.54. The van der Waals surface area contributed by atoms with Crippen molar-refractivity contribution in [2.24, 2.45) is 4.99 Å². The number of hydrogen-bond acceptors (Lipinski definition) is 4. The van der Waals surface area contributed by atoms with Crippen molar-refractivity contribution in [3.8, 4) is 0 Å². The molecule has 1 saturated heterocycles. The molecule has 2 heterocycles. The number of hydrogen-bond donors (Lipinski definition) is 1. The molecule has 1 fully saturated rings. The molecule has 6 nitrogen and oxygen atoms in total. The molecule has 0 atom stereocenters. The first-order chi connectivity index (χ1) is 11.8. The summed E-state index contributed by atoms with van der Waals surface area (Å²) in [6.07, 6.45) is 1.63. The number of nitrogens with zero attached hydrogens (tertiary/aromatic N) is 4. The largest absolute Gasteiger partial charge is 0.364 e. The van der Waals surface area contributed by atoms with Crippen LogP contribution in [0.1, 0.15) is 18.2 Å². The number of piperazine rings is 1. The van der Waals surface area contributed by atoms with Gasteiger partial charge in [0.2, 0.25) is 0 Å². The minimum atomic E-state index is 0. The Bertz CT molecular complexity index is 624. The molecular weight excluding hydrogens is 429 g/mol. The molecule has 0 saturated carbocycles. The van der Waals surface area contributed by atoms with E-state index in [1.165, 1.54) is 5.56 Å². The second-order valence-electron chi connectivity index (χ2n) is 5.91. The fraction of sp³-hybridized carbons (Fsp3) is 0.444. The third-order valence-electron chi connectivity index (χ3n) is 4.14. The van der Waals surface area contributed by atoms with E-state index in [0.29, 0.717) is 6.54 Å². The molecule has 0 radical (unpaired) electrons. The molecule has 0 spiro atoms. The number of aliphatic imine (C=N–C) groups is 1. The zero-order chi connectivity index (χ0) is 16.6. The maximum atomic E-state index is 4.91. The molecule has 1 aliphatic heterocycles. The molecule has 0 aliphatic carbocycles. The van der Waals surface area contributed by atoms with E-state index in [4.69, 9.17) is 9.52 Å². The van der Waals surface area contributed by atoms with Gasteiger partial charge in [0.15, 0.2) is 5.96 Å². The van der Waals surface area contributed by atoms with Crippen molar-refractivity contribution in [2.75, 3.05) is 32.7 Å². The Hall–Kier alpha value is -1.61. The number of rotatable bonds is 5. The maximum Gasteiger partial charge on any atom is 0.194 e. The van der Waals surface area contributed by atoms with Crippen molar-refractivity contribution >= 4 is 29.9 Å². The maximum absolute atomic E-state index is 4.91. The second-order valence-corrected chi connectivity index (χ2v) is 5.91. The van der Waals surface area contributed by atoms with Crippen LogP contribution in [0.3, 0.4) is 0 Å². The van der Waals surface area contributed by atoms with Gasteiger partial charge in [0.25, 0.3) is 0 Å². The van der Waals surface area contributed by atoms with Crippen molar-refractivity contribution < 1.29 is 4.52 Å². The topological polar surface area (TPSA) is 56.9 Å².